The van der Waals surface area contributed by atoms with E-state index in [1.54, 1.807) is 11.3 Å². The topological polar surface area (TPSA) is 29.5 Å². The largest absolute Gasteiger partial charge is 0.493 e. The Balaban J connectivity index is 3.41. The molecular formula is C15H26O2S. The summed E-state index contributed by atoms with van der Waals surface area (Å²) < 4.78 is 5.66. The van der Waals surface area contributed by atoms with Gasteiger partial charge in [-0.1, -0.05) is 41.5 Å². The second kappa shape index (κ2) is 4.86. The fourth-order valence-electron chi connectivity index (χ4n) is 2.64. The van der Waals surface area contributed by atoms with Crippen molar-refractivity contribution in [3.05, 3.63) is 16.3 Å². The molecular weight excluding hydrogens is 244 g/mol. The lowest BCUT2D eigenvalue weighted by atomic mass is 9.62. The highest BCUT2D eigenvalue weighted by atomic mass is 32.1. The minimum atomic E-state index is -0.918. The lowest BCUT2D eigenvalue weighted by Crippen LogP contribution is -2.49. The number of thiophene rings is 1. The predicted octanol–water partition coefficient (Wildman–Crippen LogP) is 4.43. The Bertz CT molecular complexity index is 379. The first-order valence-electron chi connectivity index (χ1n) is 6.49. The standard InChI is InChI=1S/C15H26O2S/c1-8-17-11-9-10-18-12(11)15(16,13(2,3)4)14(5,6)7/h9-10,16H,8H2,1-7H3. The summed E-state index contributed by atoms with van der Waals surface area (Å²) in [5, 5.41) is 13.4. The first kappa shape index (κ1) is 15.5. The molecule has 1 aromatic heterocycles. The van der Waals surface area contributed by atoms with Crippen molar-refractivity contribution in [2.24, 2.45) is 10.8 Å². The van der Waals surface area contributed by atoms with Crippen molar-refractivity contribution < 1.29 is 9.84 Å². The predicted molar refractivity (Wildman–Crippen MR) is 78.3 cm³/mol. The minimum absolute atomic E-state index is 0.262. The zero-order valence-electron chi connectivity index (χ0n) is 12.6. The van der Waals surface area contributed by atoms with Gasteiger partial charge in [-0.3, -0.25) is 0 Å². The van der Waals surface area contributed by atoms with Gasteiger partial charge in [-0.2, -0.15) is 0 Å². The molecule has 0 saturated heterocycles. The van der Waals surface area contributed by atoms with E-state index in [2.05, 4.69) is 41.5 Å². The Hall–Kier alpha value is -0.540. The molecule has 18 heavy (non-hydrogen) atoms. The summed E-state index contributed by atoms with van der Waals surface area (Å²) in [6.07, 6.45) is 0. The Labute approximate surface area is 115 Å². The SMILES string of the molecule is CCOc1ccsc1C(O)(C(C)(C)C)C(C)(C)C. The Morgan fingerprint density at radius 2 is 1.61 bits per heavy atom. The van der Waals surface area contributed by atoms with Crippen LogP contribution in [0.3, 0.4) is 0 Å². The molecule has 0 saturated carbocycles. The first-order chi connectivity index (χ1) is 8.05. The molecule has 0 unspecified atom stereocenters. The van der Waals surface area contributed by atoms with Gasteiger partial charge in [0.2, 0.25) is 0 Å². The van der Waals surface area contributed by atoms with Gasteiger partial charge in [0, 0.05) is 0 Å². The van der Waals surface area contributed by atoms with E-state index in [0.717, 1.165) is 10.6 Å². The van der Waals surface area contributed by atoms with Gasteiger partial charge in [0.1, 0.15) is 11.4 Å². The molecule has 0 aliphatic carbocycles. The summed E-state index contributed by atoms with van der Waals surface area (Å²) in [6.45, 7) is 15.0. The van der Waals surface area contributed by atoms with Crippen LogP contribution in [-0.2, 0) is 5.60 Å². The van der Waals surface area contributed by atoms with Gasteiger partial charge in [0.05, 0.1) is 11.5 Å². The molecule has 0 spiro atoms. The van der Waals surface area contributed by atoms with Gasteiger partial charge in [0.25, 0.3) is 0 Å². The van der Waals surface area contributed by atoms with E-state index >= 15 is 0 Å². The molecule has 1 rings (SSSR count). The zero-order valence-corrected chi connectivity index (χ0v) is 13.4. The molecule has 1 N–H and O–H groups in total. The lowest BCUT2D eigenvalue weighted by molar-refractivity contribution is -0.143. The number of aliphatic hydroxyl groups is 1. The van der Waals surface area contributed by atoms with Crippen LogP contribution in [0.5, 0.6) is 5.75 Å². The summed E-state index contributed by atoms with van der Waals surface area (Å²) in [4.78, 5) is 0.935. The maximum Gasteiger partial charge on any atom is 0.136 e. The van der Waals surface area contributed by atoms with Crippen molar-refractivity contribution in [1.29, 1.82) is 0 Å². The highest BCUT2D eigenvalue weighted by Gasteiger charge is 2.52. The summed E-state index contributed by atoms with van der Waals surface area (Å²) >= 11 is 1.58. The third-order valence-electron chi connectivity index (χ3n) is 3.43. The second-order valence-corrected chi connectivity index (χ2v) is 7.67. The number of hydrogen-bond acceptors (Lipinski definition) is 3. The Morgan fingerprint density at radius 1 is 1.11 bits per heavy atom. The van der Waals surface area contributed by atoms with Crippen LogP contribution < -0.4 is 4.74 Å². The Morgan fingerprint density at radius 3 is 2.00 bits per heavy atom. The van der Waals surface area contributed by atoms with Crippen molar-refractivity contribution in [1.82, 2.24) is 0 Å². The molecule has 1 heterocycles. The maximum absolute atomic E-state index is 11.4. The first-order valence-corrected chi connectivity index (χ1v) is 7.37. The van der Waals surface area contributed by atoms with E-state index in [1.165, 1.54) is 0 Å². The minimum Gasteiger partial charge on any atom is -0.493 e. The van der Waals surface area contributed by atoms with Gasteiger partial charge in [-0.25, -0.2) is 0 Å². The van der Waals surface area contributed by atoms with Crippen LogP contribution >= 0.6 is 11.3 Å². The average Bonchev–Trinajstić information content (AvgIpc) is 2.62. The van der Waals surface area contributed by atoms with Crippen LogP contribution in [0.15, 0.2) is 11.4 Å². The third-order valence-corrected chi connectivity index (χ3v) is 4.43. The van der Waals surface area contributed by atoms with E-state index in [9.17, 15) is 5.11 Å². The normalized spacial score (nSPS) is 13.8. The van der Waals surface area contributed by atoms with Crippen molar-refractivity contribution in [2.45, 2.75) is 54.1 Å². The van der Waals surface area contributed by atoms with E-state index in [-0.39, 0.29) is 10.8 Å². The fraction of sp³-hybridized carbons (Fsp3) is 0.733. The van der Waals surface area contributed by atoms with Gasteiger partial charge in [0.15, 0.2) is 0 Å². The monoisotopic (exact) mass is 270 g/mol. The zero-order chi connectivity index (χ0) is 14.2. The summed E-state index contributed by atoms with van der Waals surface area (Å²) in [5.74, 6) is 0.815. The molecule has 0 bridgehead atoms. The molecule has 0 atom stereocenters. The van der Waals surface area contributed by atoms with E-state index in [4.69, 9.17) is 4.74 Å². The molecule has 0 fully saturated rings. The fourth-order valence-corrected chi connectivity index (χ4v) is 3.99. The lowest BCUT2D eigenvalue weighted by Gasteiger charge is -2.49. The third kappa shape index (κ3) is 2.43. The van der Waals surface area contributed by atoms with Crippen LogP contribution in [0, 0.1) is 10.8 Å². The van der Waals surface area contributed by atoms with E-state index in [0.29, 0.717) is 6.61 Å². The summed E-state index contributed by atoms with van der Waals surface area (Å²) in [5.41, 5.74) is -1.44. The van der Waals surface area contributed by atoms with E-state index < -0.39 is 5.60 Å². The van der Waals surface area contributed by atoms with Gasteiger partial charge in [-0.05, 0) is 29.2 Å². The van der Waals surface area contributed by atoms with Gasteiger partial charge in [-0.15, -0.1) is 11.3 Å². The molecule has 1 aromatic rings. The maximum atomic E-state index is 11.4. The highest BCUT2D eigenvalue weighted by molar-refractivity contribution is 7.10. The van der Waals surface area contributed by atoms with Crippen molar-refractivity contribution in [3.8, 4) is 5.75 Å². The number of rotatable bonds is 3. The highest BCUT2D eigenvalue weighted by Crippen LogP contribution is 2.55. The quantitative estimate of drug-likeness (QED) is 0.880. The van der Waals surface area contributed by atoms with Crippen molar-refractivity contribution in [2.75, 3.05) is 6.61 Å². The molecule has 104 valence electrons. The van der Waals surface area contributed by atoms with Crippen molar-refractivity contribution in [3.63, 3.8) is 0 Å². The summed E-state index contributed by atoms with van der Waals surface area (Å²) in [7, 11) is 0. The molecule has 2 nitrogen and oxygen atoms in total. The van der Waals surface area contributed by atoms with Crippen LogP contribution in [0.2, 0.25) is 0 Å². The van der Waals surface area contributed by atoms with Crippen molar-refractivity contribution >= 4 is 11.3 Å². The smallest absolute Gasteiger partial charge is 0.136 e. The molecule has 0 radical (unpaired) electrons. The van der Waals surface area contributed by atoms with Crippen LogP contribution in [-0.4, -0.2) is 11.7 Å². The van der Waals surface area contributed by atoms with E-state index in [1.807, 2.05) is 18.4 Å². The van der Waals surface area contributed by atoms with Gasteiger partial charge >= 0.3 is 0 Å². The molecule has 0 aliphatic rings. The van der Waals surface area contributed by atoms with Crippen LogP contribution in [0.1, 0.15) is 53.3 Å². The average molecular weight is 270 g/mol. The second-order valence-electron chi connectivity index (χ2n) is 6.76. The van der Waals surface area contributed by atoms with Crippen LogP contribution in [0.4, 0.5) is 0 Å². The molecule has 3 heteroatoms. The van der Waals surface area contributed by atoms with Crippen LogP contribution in [0.25, 0.3) is 0 Å². The molecule has 0 amide bonds. The number of ether oxygens (including phenoxy) is 1. The number of hydrogen-bond donors (Lipinski definition) is 1. The molecule has 0 aromatic carbocycles. The van der Waals surface area contributed by atoms with Gasteiger partial charge < -0.3 is 9.84 Å². The summed E-state index contributed by atoms with van der Waals surface area (Å²) in [6, 6.07) is 1.95. The Kier molecular flexibility index (Phi) is 4.19. The molecule has 0 aliphatic heterocycles.